The van der Waals surface area contributed by atoms with Crippen molar-refractivity contribution < 1.29 is 4.74 Å². The molecule has 2 unspecified atom stereocenters. The fraction of sp³-hybridized carbons (Fsp3) is 0.647. The average Bonchev–Trinajstić information content (AvgIpc) is 2.65. The number of methoxy groups -OCH3 is 1. The third-order valence-corrected chi connectivity index (χ3v) is 5.10. The predicted octanol–water partition coefficient (Wildman–Crippen LogP) is 5.47. The molecule has 20 heavy (non-hydrogen) atoms. The van der Waals surface area contributed by atoms with Crippen LogP contribution in [0.5, 0.6) is 5.75 Å². The van der Waals surface area contributed by atoms with Crippen LogP contribution in [-0.4, -0.2) is 13.2 Å². The summed E-state index contributed by atoms with van der Waals surface area (Å²) in [6, 6.07) is 6.84. The van der Waals surface area contributed by atoms with Crippen molar-refractivity contribution in [1.82, 2.24) is 0 Å². The van der Waals surface area contributed by atoms with Crippen LogP contribution in [0.1, 0.15) is 46.0 Å². The number of benzene rings is 1. The van der Waals surface area contributed by atoms with Gasteiger partial charge in [0.2, 0.25) is 0 Å². The minimum Gasteiger partial charge on any atom is -0.496 e. The van der Waals surface area contributed by atoms with E-state index in [-0.39, 0.29) is 0 Å². The Morgan fingerprint density at radius 2 is 2.00 bits per heavy atom. The van der Waals surface area contributed by atoms with Gasteiger partial charge in [0.25, 0.3) is 0 Å². The summed E-state index contributed by atoms with van der Waals surface area (Å²) < 4.78 is 6.29. The Bertz CT molecular complexity index is 433. The van der Waals surface area contributed by atoms with Crippen LogP contribution in [0.4, 0.5) is 5.69 Å². The number of anilines is 1. The van der Waals surface area contributed by atoms with Gasteiger partial charge in [-0.2, -0.15) is 0 Å². The van der Waals surface area contributed by atoms with E-state index in [0.29, 0.717) is 6.04 Å². The molecule has 1 aliphatic rings. The molecule has 0 saturated heterocycles. The highest BCUT2D eigenvalue weighted by molar-refractivity contribution is 9.10. The number of rotatable bonds is 4. The minimum absolute atomic E-state index is 0.610. The summed E-state index contributed by atoms with van der Waals surface area (Å²) in [6.07, 6.45) is 6.66. The molecule has 2 rings (SSSR count). The molecule has 112 valence electrons. The quantitative estimate of drug-likeness (QED) is 0.734. The smallest absolute Gasteiger partial charge is 0.133 e. The fourth-order valence-electron chi connectivity index (χ4n) is 3.13. The normalized spacial score (nSPS) is 23.4. The molecule has 3 heteroatoms. The maximum Gasteiger partial charge on any atom is 0.133 e. The van der Waals surface area contributed by atoms with E-state index in [2.05, 4.69) is 47.2 Å². The Balaban J connectivity index is 1.94. The first-order valence-electron chi connectivity index (χ1n) is 7.70. The largest absolute Gasteiger partial charge is 0.496 e. The van der Waals surface area contributed by atoms with Gasteiger partial charge in [-0.3, -0.25) is 0 Å². The topological polar surface area (TPSA) is 21.3 Å². The van der Waals surface area contributed by atoms with Gasteiger partial charge in [-0.05, 0) is 65.2 Å². The highest BCUT2D eigenvalue weighted by atomic mass is 79.9. The van der Waals surface area contributed by atoms with Crippen LogP contribution in [0.2, 0.25) is 0 Å². The van der Waals surface area contributed by atoms with Crippen molar-refractivity contribution in [3.05, 3.63) is 22.7 Å². The van der Waals surface area contributed by atoms with Gasteiger partial charge in [-0.15, -0.1) is 0 Å². The molecule has 1 saturated carbocycles. The lowest BCUT2D eigenvalue weighted by atomic mass is 9.89. The molecular weight excluding hydrogens is 314 g/mol. The number of nitrogens with one attached hydrogen (secondary N) is 1. The molecule has 1 fully saturated rings. The van der Waals surface area contributed by atoms with Crippen LogP contribution in [0.15, 0.2) is 22.7 Å². The van der Waals surface area contributed by atoms with E-state index < -0.39 is 0 Å². The Hall–Kier alpha value is -0.700. The third kappa shape index (κ3) is 4.15. The van der Waals surface area contributed by atoms with E-state index in [1.165, 1.54) is 37.8 Å². The highest BCUT2D eigenvalue weighted by Crippen LogP contribution is 2.32. The molecule has 2 atom stereocenters. The zero-order valence-corrected chi connectivity index (χ0v) is 14.4. The van der Waals surface area contributed by atoms with Gasteiger partial charge in [0.1, 0.15) is 5.75 Å². The lowest BCUT2D eigenvalue weighted by Crippen LogP contribution is -2.18. The van der Waals surface area contributed by atoms with Crippen LogP contribution in [0, 0.1) is 11.8 Å². The van der Waals surface area contributed by atoms with E-state index in [1.54, 1.807) is 7.11 Å². The second kappa shape index (κ2) is 7.35. The first kappa shape index (κ1) is 15.7. The molecular formula is C17H26BrNO. The standard InChI is InChI=1S/C17H26BrNO/c1-12(2)13-5-4-6-14(8-7-13)19-15-9-10-17(20-3)16(18)11-15/h9-14,19H,4-8H2,1-3H3. The lowest BCUT2D eigenvalue weighted by Gasteiger charge is -2.20. The van der Waals surface area contributed by atoms with E-state index >= 15 is 0 Å². The maximum atomic E-state index is 5.28. The number of hydrogen-bond acceptors (Lipinski definition) is 2. The maximum absolute atomic E-state index is 5.28. The van der Waals surface area contributed by atoms with Crippen molar-refractivity contribution in [2.24, 2.45) is 11.8 Å². The third-order valence-electron chi connectivity index (χ3n) is 4.48. The zero-order valence-electron chi connectivity index (χ0n) is 12.8. The molecule has 0 aliphatic heterocycles. The molecule has 0 heterocycles. The van der Waals surface area contributed by atoms with Crippen LogP contribution >= 0.6 is 15.9 Å². The monoisotopic (exact) mass is 339 g/mol. The summed E-state index contributed by atoms with van der Waals surface area (Å²) >= 11 is 3.55. The van der Waals surface area contributed by atoms with Crippen LogP contribution in [-0.2, 0) is 0 Å². The summed E-state index contributed by atoms with van der Waals surface area (Å²) in [6.45, 7) is 4.72. The van der Waals surface area contributed by atoms with Gasteiger partial charge < -0.3 is 10.1 Å². The van der Waals surface area contributed by atoms with Crippen LogP contribution < -0.4 is 10.1 Å². The van der Waals surface area contributed by atoms with Gasteiger partial charge in [-0.25, -0.2) is 0 Å². The lowest BCUT2D eigenvalue weighted by molar-refractivity contribution is 0.341. The summed E-state index contributed by atoms with van der Waals surface area (Å²) in [7, 11) is 1.70. The second-order valence-corrected chi connectivity index (χ2v) is 7.06. The SMILES string of the molecule is COc1ccc(NC2CCCC(C(C)C)CC2)cc1Br. The predicted molar refractivity (Wildman–Crippen MR) is 89.5 cm³/mol. The number of ether oxygens (including phenoxy) is 1. The summed E-state index contributed by atoms with van der Waals surface area (Å²) in [4.78, 5) is 0. The summed E-state index contributed by atoms with van der Waals surface area (Å²) in [5.41, 5.74) is 1.19. The van der Waals surface area contributed by atoms with Gasteiger partial charge in [0.15, 0.2) is 0 Å². The fourth-order valence-corrected chi connectivity index (χ4v) is 3.67. The Kier molecular flexibility index (Phi) is 5.76. The van der Waals surface area contributed by atoms with Crippen molar-refractivity contribution in [2.45, 2.75) is 52.0 Å². The molecule has 0 radical (unpaired) electrons. The van der Waals surface area contributed by atoms with Gasteiger partial charge in [0, 0.05) is 11.7 Å². The van der Waals surface area contributed by atoms with Gasteiger partial charge in [-0.1, -0.05) is 26.7 Å². The summed E-state index contributed by atoms with van der Waals surface area (Å²) in [5.74, 6) is 2.62. The van der Waals surface area contributed by atoms with Crippen molar-refractivity contribution in [3.8, 4) is 5.75 Å². The molecule has 0 aromatic heterocycles. The molecule has 1 aliphatic carbocycles. The Morgan fingerprint density at radius 3 is 2.65 bits per heavy atom. The Labute approximate surface area is 131 Å². The van der Waals surface area contributed by atoms with Gasteiger partial charge >= 0.3 is 0 Å². The van der Waals surface area contributed by atoms with Crippen molar-refractivity contribution in [2.75, 3.05) is 12.4 Å². The molecule has 1 aromatic carbocycles. The highest BCUT2D eigenvalue weighted by Gasteiger charge is 2.20. The van der Waals surface area contributed by atoms with Crippen molar-refractivity contribution >= 4 is 21.6 Å². The van der Waals surface area contributed by atoms with E-state index in [4.69, 9.17) is 4.74 Å². The molecule has 2 nitrogen and oxygen atoms in total. The van der Waals surface area contributed by atoms with Gasteiger partial charge in [0.05, 0.1) is 11.6 Å². The molecule has 0 spiro atoms. The van der Waals surface area contributed by atoms with Crippen LogP contribution in [0.3, 0.4) is 0 Å². The first-order chi connectivity index (χ1) is 9.60. The Morgan fingerprint density at radius 1 is 1.20 bits per heavy atom. The minimum atomic E-state index is 0.610. The summed E-state index contributed by atoms with van der Waals surface area (Å²) in [5, 5.41) is 3.69. The first-order valence-corrected chi connectivity index (χ1v) is 8.49. The van der Waals surface area contributed by atoms with E-state index in [1.807, 2.05) is 6.07 Å². The van der Waals surface area contributed by atoms with E-state index in [0.717, 1.165) is 22.1 Å². The zero-order chi connectivity index (χ0) is 14.5. The number of halogens is 1. The second-order valence-electron chi connectivity index (χ2n) is 6.20. The molecule has 0 bridgehead atoms. The molecule has 1 N–H and O–H groups in total. The molecule has 0 amide bonds. The van der Waals surface area contributed by atoms with Crippen molar-refractivity contribution in [1.29, 1.82) is 0 Å². The van der Waals surface area contributed by atoms with Crippen molar-refractivity contribution in [3.63, 3.8) is 0 Å². The molecule has 1 aromatic rings. The van der Waals surface area contributed by atoms with Crippen LogP contribution in [0.25, 0.3) is 0 Å². The number of hydrogen-bond donors (Lipinski definition) is 1. The average molecular weight is 340 g/mol. The van der Waals surface area contributed by atoms with E-state index in [9.17, 15) is 0 Å².